The quantitative estimate of drug-likeness (QED) is 0.456. The molecular weight excluding hydrogens is 230 g/mol. The zero-order valence-corrected chi connectivity index (χ0v) is 10.0. The molecule has 5 heteroatoms. The Kier molecular flexibility index (Phi) is 3.35. The fourth-order valence-electron chi connectivity index (χ4n) is 2.28. The van der Waals surface area contributed by atoms with Crippen molar-refractivity contribution in [2.45, 2.75) is 18.9 Å². The summed E-state index contributed by atoms with van der Waals surface area (Å²) in [5.74, 6) is -0.262. The van der Waals surface area contributed by atoms with Crippen molar-refractivity contribution in [1.29, 1.82) is 0 Å². The van der Waals surface area contributed by atoms with E-state index in [1.165, 1.54) is 0 Å². The maximum atomic E-state index is 12.0. The first kappa shape index (κ1) is 12.2. The molecule has 0 radical (unpaired) electrons. The molecule has 0 saturated carbocycles. The smallest absolute Gasteiger partial charge is 0.323 e. The summed E-state index contributed by atoms with van der Waals surface area (Å²) in [5.41, 5.74) is 9.92. The SMILES string of the molecule is CN1C(=O)c2ccccc2C1CCC(=O)C=[N+]=[N-]. The van der Waals surface area contributed by atoms with E-state index in [4.69, 9.17) is 5.53 Å². The Hall–Kier alpha value is -2.26. The van der Waals surface area contributed by atoms with E-state index in [-0.39, 0.29) is 24.2 Å². The third-order valence-corrected chi connectivity index (χ3v) is 3.20. The van der Waals surface area contributed by atoms with Crippen LogP contribution in [0, 0.1) is 0 Å². The van der Waals surface area contributed by atoms with Crippen LogP contribution in [0.1, 0.15) is 34.8 Å². The van der Waals surface area contributed by atoms with E-state index in [0.29, 0.717) is 12.0 Å². The van der Waals surface area contributed by atoms with Gasteiger partial charge >= 0.3 is 6.21 Å². The van der Waals surface area contributed by atoms with Crippen molar-refractivity contribution in [2.75, 3.05) is 7.05 Å². The Morgan fingerprint density at radius 2 is 2.22 bits per heavy atom. The van der Waals surface area contributed by atoms with E-state index in [0.717, 1.165) is 11.8 Å². The molecule has 5 nitrogen and oxygen atoms in total. The highest BCUT2D eigenvalue weighted by molar-refractivity contribution is 6.25. The van der Waals surface area contributed by atoms with Crippen LogP contribution in [0.25, 0.3) is 5.53 Å². The average molecular weight is 243 g/mol. The average Bonchev–Trinajstić information content (AvgIpc) is 2.61. The first-order valence-corrected chi connectivity index (χ1v) is 5.71. The van der Waals surface area contributed by atoms with Gasteiger partial charge < -0.3 is 10.4 Å². The normalized spacial score (nSPS) is 17.3. The maximum absolute atomic E-state index is 12.0. The van der Waals surface area contributed by atoms with E-state index >= 15 is 0 Å². The third kappa shape index (κ3) is 2.08. The van der Waals surface area contributed by atoms with Gasteiger partial charge in [0.2, 0.25) is 5.78 Å². The monoisotopic (exact) mass is 243 g/mol. The van der Waals surface area contributed by atoms with Crippen molar-refractivity contribution < 1.29 is 14.4 Å². The standard InChI is InChI=1S/C13H13N3O2/c1-16-12(7-6-9(17)8-15-14)10-4-2-3-5-11(10)13(16)18/h2-5,8,12H,6-7H2,1H3. The zero-order chi connectivity index (χ0) is 13.1. The molecule has 0 N–H and O–H groups in total. The molecule has 1 aliphatic rings. The van der Waals surface area contributed by atoms with Crippen molar-refractivity contribution >= 4 is 17.9 Å². The van der Waals surface area contributed by atoms with Gasteiger partial charge in [0.15, 0.2) is 0 Å². The van der Waals surface area contributed by atoms with Crippen LogP contribution >= 0.6 is 0 Å². The maximum Gasteiger partial charge on any atom is 0.323 e. The number of amides is 1. The van der Waals surface area contributed by atoms with E-state index in [2.05, 4.69) is 4.79 Å². The van der Waals surface area contributed by atoms with Crippen LogP contribution in [0.3, 0.4) is 0 Å². The summed E-state index contributed by atoms with van der Waals surface area (Å²) < 4.78 is 0. The molecule has 0 fully saturated rings. The van der Waals surface area contributed by atoms with E-state index in [9.17, 15) is 9.59 Å². The molecule has 0 spiro atoms. The predicted octanol–water partition coefficient (Wildman–Crippen LogP) is 1.46. The molecule has 0 saturated heterocycles. The molecule has 18 heavy (non-hydrogen) atoms. The van der Waals surface area contributed by atoms with Crippen LogP contribution in [-0.2, 0) is 4.79 Å². The highest BCUT2D eigenvalue weighted by Gasteiger charge is 2.33. The minimum Gasteiger partial charge on any atom is -0.361 e. The van der Waals surface area contributed by atoms with Gasteiger partial charge in [0.25, 0.3) is 5.91 Å². The van der Waals surface area contributed by atoms with Gasteiger partial charge in [-0.3, -0.25) is 9.59 Å². The van der Waals surface area contributed by atoms with E-state index < -0.39 is 0 Å². The fourth-order valence-corrected chi connectivity index (χ4v) is 2.28. The minimum absolute atomic E-state index is 0.0149. The van der Waals surface area contributed by atoms with E-state index in [1.54, 1.807) is 18.0 Å². The highest BCUT2D eigenvalue weighted by Crippen LogP contribution is 2.35. The fraction of sp³-hybridized carbons (Fsp3) is 0.308. The molecule has 0 aliphatic carbocycles. The van der Waals surface area contributed by atoms with Gasteiger partial charge in [-0.2, -0.15) is 4.79 Å². The Balaban J connectivity index is 2.17. The number of Topliss-reactive ketones (excluding diaryl/α,β-unsaturated/α-hetero) is 1. The molecule has 0 aromatic heterocycles. The molecule has 1 aromatic rings. The zero-order valence-electron chi connectivity index (χ0n) is 10.0. The van der Waals surface area contributed by atoms with E-state index in [1.807, 2.05) is 18.2 Å². The van der Waals surface area contributed by atoms with Crippen LogP contribution in [-0.4, -0.2) is 34.6 Å². The summed E-state index contributed by atoms with van der Waals surface area (Å²) in [6.45, 7) is 0. The second kappa shape index (κ2) is 4.94. The van der Waals surface area contributed by atoms with Crippen molar-refractivity contribution in [1.82, 2.24) is 4.90 Å². The summed E-state index contributed by atoms with van der Waals surface area (Å²) in [6.07, 6.45) is 1.67. The lowest BCUT2D eigenvalue weighted by molar-refractivity contribution is -0.116. The lowest BCUT2D eigenvalue weighted by Gasteiger charge is -2.19. The molecule has 1 unspecified atom stereocenters. The summed E-state index contributed by atoms with van der Waals surface area (Å²) in [7, 11) is 1.73. The summed E-state index contributed by atoms with van der Waals surface area (Å²) in [6, 6.07) is 7.34. The lowest BCUT2D eigenvalue weighted by Crippen LogP contribution is -2.23. The van der Waals surface area contributed by atoms with Gasteiger partial charge in [-0.05, 0) is 18.1 Å². The molecular formula is C13H13N3O2. The first-order valence-electron chi connectivity index (χ1n) is 5.71. The van der Waals surface area contributed by atoms with Gasteiger partial charge in [0, 0.05) is 19.0 Å². The number of rotatable bonds is 4. The van der Waals surface area contributed by atoms with Crippen LogP contribution in [0.4, 0.5) is 0 Å². The Bertz CT molecular complexity index is 547. The Labute approximate surface area is 105 Å². The van der Waals surface area contributed by atoms with Gasteiger partial charge in [-0.25, -0.2) is 0 Å². The van der Waals surface area contributed by atoms with Crippen molar-refractivity contribution in [2.24, 2.45) is 0 Å². The molecule has 1 heterocycles. The number of nitrogens with zero attached hydrogens (tertiary/aromatic N) is 3. The largest absolute Gasteiger partial charge is 0.361 e. The Morgan fingerprint density at radius 3 is 2.94 bits per heavy atom. The van der Waals surface area contributed by atoms with Gasteiger partial charge in [-0.1, -0.05) is 18.2 Å². The first-order chi connectivity index (χ1) is 8.65. The van der Waals surface area contributed by atoms with Crippen molar-refractivity contribution in [3.63, 3.8) is 0 Å². The van der Waals surface area contributed by atoms with Gasteiger partial charge in [0.05, 0.1) is 6.04 Å². The second-order valence-electron chi connectivity index (χ2n) is 4.27. The molecule has 1 aromatic carbocycles. The lowest BCUT2D eigenvalue weighted by atomic mass is 10.00. The van der Waals surface area contributed by atoms with Gasteiger partial charge in [0.1, 0.15) is 0 Å². The molecule has 1 aliphatic heterocycles. The molecule has 0 bridgehead atoms. The number of benzene rings is 1. The molecule has 92 valence electrons. The highest BCUT2D eigenvalue weighted by atomic mass is 16.2. The number of carbonyl (C=O) groups excluding carboxylic acids is 2. The van der Waals surface area contributed by atoms with Crippen LogP contribution < -0.4 is 0 Å². The summed E-state index contributed by atoms with van der Waals surface area (Å²) >= 11 is 0. The number of hydrogen-bond donors (Lipinski definition) is 0. The van der Waals surface area contributed by atoms with Gasteiger partial charge in [-0.15, -0.1) is 0 Å². The number of fused-ring (bicyclic) bond motifs is 1. The second-order valence-corrected chi connectivity index (χ2v) is 4.27. The summed E-state index contributed by atoms with van der Waals surface area (Å²) in [5, 5.41) is 0. The molecule has 1 atom stereocenters. The number of carbonyl (C=O) groups is 2. The molecule has 2 rings (SSSR count). The van der Waals surface area contributed by atoms with Crippen molar-refractivity contribution in [3.8, 4) is 0 Å². The Morgan fingerprint density at radius 1 is 1.50 bits per heavy atom. The number of hydrogen-bond acceptors (Lipinski definition) is 2. The summed E-state index contributed by atoms with van der Waals surface area (Å²) in [4.78, 5) is 27.6. The van der Waals surface area contributed by atoms with Crippen LogP contribution in [0.15, 0.2) is 24.3 Å². The van der Waals surface area contributed by atoms with Crippen LogP contribution in [0.2, 0.25) is 0 Å². The minimum atomic E-state index is -0.247. The number of ketones is 1. The predicted molar refractivity (Wildman–Crippen MR) is 65.2 cm³/mol. The van der Waals surface area contributed by atoms with Crippen molar-refractivity contribution in [3.05, 3.63) is 40.9 Å². The van der Waals surface area contributed by atoms with Crippen LogP contribution in [0.5, 0.6) is 0 Å². The molecule has 1 amide bonds. The topological polar surface area (TPSA) is 73.8 Å². The third-order valence-electron chi connectivity index (χ3n) is 3.20.